The summed E-state index contributed by atoms with van der Waals surface area (Å²) >= 11 is 2.96. The highest BCUT2D eigenvalue weighted by Gasteiger charge is 2.30. The van der Waals surface area contributed by atoms with Gasteiger partial charge in [-0.2, -0.15) is 23.5 Å². The van der Waals surface area contributed by atoms with Crippen molar-refractivity contribution in [2.75, 3.05) is 37.1 Å². The van der Waals surface area contributed by atoms with Crippen molar-refractivity contribution < 1.29 is 24.3 Å². The lowest BCUT2D eigenvalue weighted by Crippen LogP contribution is -2.57. The van der Waals surface area contributed by atoms with Crippen molar-refractivity contribution in [3.8, 4) is 0 Å². The van der Waals surface area contributed by atoms with E-state index >= 15 is 0 Å². The van der Waals surface area contributed by atoms with E-state index in [0.717, 1.165) is 0 Å². The van der Waals surface area contributed by atoms with Crippen LogP contribution in [0.25, 0.3) is 0 Å². The third-order valence-electron chi connectivity index (χ3n) is 5.35. The molecule has 0 aliphatic heterocycles. The first-order valence-corrected chi connectivity index (χ1v) is 15.2. The molecule has 0 aliphatic carbocycles. The van der Waals surface area contributed by atoms with Crippen LogP contribution in [0.4, 0.5) is 0 Å². The van der Waals surface area contributed by atoms with Crippen LogP contribution in [0.2, 0.25) is 0 Å². The van der Waals surface area contributed by atoms with Crippen LogP contribution in [0.15, 0.2) is 9.98 Å². The summed E-state index contributed by atoms with van der Waals surface area (Å²) in [5, 5.41) is 17.4. The lowest BCUT2D eigenvalue weighted by atomic mass is 10.1. The second-order valence-electron chi connectivity index (χ2n) is 8.59. The predicted octanol–water partition coefficient (Wildman–Crippen LogP) is -2.53. The molecule has 39 heavy (non-hydrogen) atoms. The van der Waals surface area contributed by atoms with Gasteiger partial charge in [0.2, 0.25) is 17.7 Å². The summed E-state index contributed by atoms with van der Waals surface area (Å²) in [6.45, 7) is 0.527. The zero-order chi connectivity index (χ0) is 29.8. The number of carboxylic acids is 1. The van der Waals surface area contributed by atoms with Gasteiger partial charge in [0.05, 0.1) is 6.04 Å². The van der Waals surface area contributed by atoms with Gasteiger partial charge in [0.1, 0.15) is 18.1 Å². The van der Waals surface area contributed by atoms with Gasteiger partial charge in [-0.15, -0.1) is 0 Å². The summed E-state index contributed by atoms with van der Waals surface area (Å²) in [5.41, 5.74) is 27.1. The molecule has 0 aromatic heterocycles. The van der Waals surface area contributed by atoms with Gasteiger partial charge in [-0.05, 0) is 62.5 Å². The summed E-state index contributed by atoms with van der Waals surface area (Å²) < 4.78 is 0. The van der Waals surface area contributed by atoms with E-state index in [2.05, 4.69) is 25.9 Å². The number of amides is 3. The van der Waals surface area contributed by atoms with Gasteiger partial charge < -0.3 is 49.7 Å². The van der Waals surface area contributed by atoms with Crippen LogP contribution in [0, 0.1) is 0 Å². The minimum Gasteiger partial charge on any atom is -0.480 e. The Morgan fingerprint density at radius 3 is 1.51 bits per heavy atom. The third kappa shape index (κ3) is 17.3. The van der Waals surface area contributed by atoms with Crippen molar-refractivity contribution in [3.05, 3.63) is 0 Å². The number of nitrogens with two attached hydrogens (primary N) is 5. The van der Waals surface area contributed by atoms with E-state index in [9.17, 15) is 24.3 Å². The largest absolute Gasteiger partial charge is 0.480 e. The molecule has 14 N–H and O–H groups in total. The number of rotatable bonds is 21. The Bertz CT molecular complexity index is 838. The minimum absolute atomic E-state index is 0.0532. The highest BCUT2D eigenvalue weighted by Crippen LogP contribution is 2.07. The monoisotopic (exact) mass is 592 g/mol. The molecule has 0 heterocycles. The molecule has 0 saturated carbocycles. The van der Waals surface area contributed by atoms with E-state index in [4.69, 9.17) is 28.7 Å². The molecule has 0 aliphatic rings. The van der Waals surface area contributed by atoms with Gasteiger partial charge in [0.15, 0.2) is 11.9 Å². The van der Waals surface area contributed by atoms with E-state index in [1.165, 1.54) is 23.5 Å². The SMILES string of the molecule is CSCCC(NC(=O)C(N)CCCN=C(N)N)C(=O)NC(CCSC)C(=O)NC(CCCN=C(N)N)C(=O)O. The molecular weight excluding hydrogens is 548 g/mol. The van der Waals surface area contributed by atoms with Crippen molar-refractivity contribution in [3.63, 3.8) is 0 Å². The molecule has 4 unspecified atom stereocenters. The highest BCUT2D eigenvalue weighted by atomic mass is 32.2. The third-order valence-corrected chi connectivity index (χ3v) is 6.64. The predicted molar refractivity (Wildman–Crippen MR) is 157 cm³/mol. The molecule has 0 saturated heterocycles. The van der Waals surface area contributed by atoms with Crippen LogP contribution in [-0.4, -0.2) is 102 Å². The van der Waals surface area contributed by atoms with Crippen LogP contribution in [-0.2, 0) is 19.2 Å². The Labute approximate surface area is 237 Å². The van der Waals surface area contributed by atoms with Gasteiger partial charge in [-0.25, -0.2) is 4.79 Å². The Kier molecular flexibility index (Phi) is 19.4. The summed E-state index contributed by atoms with van der Waals surface area (Å²) in [7, 11) is 0. The number of nitrogens with one attached hydrogen (secondary N) is 3. The van der Waals surface area contributed by atoms with Crippen LogP contribution >= 0.6 is 23.5 Å². The molecule has 3 amide bonds. The zero-order valence-electron chi connectivity index (χ0n) is 22.6. The molecule has 0 aromatic rings. The molecular formula is C22H44N10O5S2. The van der Waals surface area contributed by atoms with Crippen molar-refractivity contribution in [1.82, 2.24) is 16.0 Å². The molecule has 0 aromatic carbocycles. The van der Waals surface area contributed by atoms with E-state index in [-0.39, 0.29) is 31.3 Å². The standard InChI is InChI=1S/C22H44N10O5S2/c1-38-11-7-14(30-17(33)13(23)5-3-9-28-21(24)25)18(34)31-15(8-12-39-2)19(35)32-16(20(36)37)6-4-10-29-22(26)27/h13-16H,3-12,23H2,1-2H3,(H,30,33)(H,31,34)(H,32,35)(H,36,37)(H4,24,25,28)(H4,26,27,29). The van der Waals surface area contributed by atoms with Gasteiger partial charge in [0.25, 0.3) is 0 Å². The van der Waals surface area contributed by atoms with Crippen molar-refractivity contribution in [1.29, 1.82) is 0 Å². The second kappa shape index (κ2) is 21.0. The van der Waals surface area contributed by atoms with E-state index in [1.54, 1.807) is 0 Å². The first kappa shape index (κ1) is 36.1. The number of carbonyl (C=O) groups is 4. The summed E-state index contributed by atoms with van der Waals surface area (Å²) in [4.78, 5) is 58.1. The normalized spacial score (nSPS) is 13.7. The lowest BCUT2D eigenvalue weighted by molar-refractivity contribution is -0.142. The summed E-state index contributed by atoms with van der Waals surface area (Å²) in [6, 6.07) is -4.02. The fourth-order valence-electron chi connectivity index (χ4n) is 3.24. The Balaban J connectivity index is 5.34. The van der Waals surface area contributed by atoms with Crippen molar-refractivity contribution >= 4 is 59.1 Å². The summed E-state index contributed by atoms with van der Waals surface area (Å²) in [6.07, 6.45) is 5.46. The Morgan fingerprint density at radius 2 is 1.10 bits per heavy atom. The average molecular weight is 593 g/mol. The molecule has 0 spiro atoms. The maximum absolute atomic E-state index is 13.2. The number of hydrogen-bond donors (Lipinski definition) is 9. The van der Waals surface area contributed by atoms with E-state index in [0.29, 0.717) is 43.7 Å². The number of hydrogen-bond acceptors (Lipinski definition) is 9. The van der Waals surface area contributed by atoms with Crippen molar-refractivity contribution in [2.24, 2.45) is 38.7 Å². The number of carbonyl (C=O) groups excluding carboxylic acids is 3. The van der Waals surface area contributed by atoms with Gasteiger partial charge in [0, 0.05) is 13.1 Å². The maximum atomic E-state index is 13.2. The number of thioether (sulfide) groups is 2. The highest BCUT2D eigenvalue weighted by molar-refractivity contribution is 7.98. The number of aliphatic carboxylic acids is 1. The van der Waals surface area contributed by atoms with Gasteiger partial charge >= 0.3 is 5.97 Å². The fraction of sp³-hybridized carbons (Fsp3) is 0.727. The quantitative estimate of drug-likeness (QED) is 0.0379. The zero-order valence-corrected chi connectivity index (χ0v) is 24.2. The van der Waals surface area contributed by atoms with Crippen LogP contribution in [0.5, 0.6) is 0 Å². The molecule has 0 radical (unpaired) electrons. The molecule has 4 atom stereocenters. The fourth-order valence-corrected chi connectivity index (χ4v) is 4.19. The molecule has 0 rings (SSSR count). The lowest BCUT2D eigenvalue weighted by Gasteiger charge is -2.25. The second-order valence-corrected chi connectivity index (χ2v) is 10.6. The van der Waals surface area contributed by atoms with Gasteiger partial charge in [-0.1, -0.05) is 0 Å². The number of carboxylic acid groups (broad SMARTS) is 1. The number of aliphatic imine (C=N–C) groups is 2. The molecule has 0 bridgehead atoms. The van der Waals surface area contributed by atoms with E-state index < -0.39 is 47.9 Å². The maximum Gasteiger partial charge on any atom is 0.326 e. The number of nitrogens with zero attached hydrogens (tertiary/aromatic N) is 2. The Hall–Kier alpha value is -2.92. The first-order chi connectivity index (χ1) is 18.4. The molecule has 17 heteroatoms. The van der Waals surface area contributed by atoms with Gasteiger partial charge in [-0.3, -0.25) is 24.4 Å². The Morgan fingerprint density at radius 1 is 0.692 bits per heavy atom. The van der Waals surface area contributed by atoms with Crippen molar-refractivity contribution in [2.45, 2.75) is 62.7 Å². The van der Waals surface area contributed by atoms with E-state index in [1.807, 2.05) is 12.5 Å². The number of guanidine groups is 2. The average Bonchev–Trinajstić information content (AvgIpc) is 2.87. The molecule has 224 valence electrons. The van der Waals surface area contributed by atoms with Crippen LogP contribution in [0.3, 0.4) is 0 Å². The molecule has 15 nitrogen and oxygen atoms in total. The van der Waals surface area contributed by atoms with Crippen LogP contribution in [0.1, 0.15) is 38.5 Å². The minimum atomic E-state index is -1.22. The van der Waals surface area contributed by atoms with Crippen LogP contribution < -0.4 is 44.6 Å². The molecule has 0 fully saturated rings. The topological polar surface area (TPSA) is 279 Å². The first-order valence-electron chi connectivity index (χ1n) is 12.4. The smallest absolute Gasteiger partial charge is 0.326 e. The summed E-state index contributed by atoms with van der Waals surface area (Å²) in [5.74, 6) is -2.01.